The largest absolute Gasteiger partial charge is 0.491 e. The molecule has 0 spiro atoms. The van der Waals surface area contributed by atoms with Crippen molar-refractivity contribution in [2.45, 2.75) is 13.8 Å². The molecule has 0 bridgehead atoms. The lowest BCUT2D eigenvalue weighted by Gasteiger charge is -2.11. The molecule has 7 heteroatoms. The predicted octanol–water partition coefficient (Wildman–Crippen LogP) is 3.45. The lowest BCUT2D eigenvalue weighted by molar-refractivity contribution is 0.146. The summed E-state index contributed by atoms with van der Waals surface area (Å²) in [6, 6.07) is 7.35. The molecule has 24 heavy (non-hydrogen) atoms. The Morgan fingerprint density at radius 2 is 1.92 bits per heavy atom. The van der Waals surface area contributed by atoms with Crippen molar-refractivity contribution in [3.8, 4) is 5.75 Å². The first-order chi connectivity index (χ1) is 11.6. The summed E-state index contributed by atoms with van der Waals surface area (Å²) in [5.74, 6) is 1.19. The second-order valence-electron chi connectivity index (χ2n) is 5.66. The smallest absolute Gasteiger partial charge is 0.229 e. The molecule has 130 valence electrons. The Balaban J connectivity index is 1.98. The predicted molar refractivity (Wildman–Crippen MR) is 92.4 cm³/mol. The van der Waals surface area contributed by atoms with Crippen molar-refractivity contribution in [2.75, 3.05) is 37.5 Å². The fourth-order valence-electron chi connectivity index (χ4n) is 1.86. The van der Waals surface area contributed by atoms with Crippen LogP contribution >= 0.6 is 0 Å². The molecule has 0 aliphatic carbocycles. The Labute approximate surface area is 141 Å². The fourth-order valence-corrected chi connectivity index (χ4v) is 1.86. The van der Waals surface area contributed by atoms with Gasteiger partial charge in [-0.05, 0) is 30.2 Å². The lowest BCUT2D eigenvalue weighted by Crippen LogP contribution is -2.12. The highest BCUT2D eigenvalue weighted by Crippen LogP contribution is 2.20. The number of anilines is 3. The van der Waals surface area contributed by atoms with E-state index in [9.17, 15) is 4.39 Å². The molecule has 2 aromatic rings. The van der Waals surface area contributed by atoms with Crippen molar-refractivity contribution in [1.82, 2.24) is 9.97 Å². The minimum absolute atomic E-state index is 0.195. The average Bonchev–Trinajstić information content (AvgIpc) is 2.57. The molecule has 6 nitrogen and oxygen atoms in total. The number of nitrogens with one attached hydrogen (secondary N) is 2. The van der Waals surface area contributed by atoms with E-state index in [0.717, 1.165) is 17.6 Å². The molecular weight excluding hydrogens is 311 g/mol. The standard InChI is InChI=1S/C17H23FN4O2/c1-12(2)10-19-16-15(18)11-20-17(22-16)21-13-4-6-14(7-5-13)24-9-8-23-3/h4-7,11-12H,8-10H2,1-3H3,(H2,19,20,21,22). The quantitative estimate of drug-likeness (QED) is 0.685. The van der Waals surface area contributed by atoms with Crippen LogP contribution in [0.5, 0.6) is 5.75 Å². The number of hydrogen-bond acceptors (Lipinski definition) is 6. The summed E-state index contributed by atoms with van der Waals surface area (Å²) in [5.41, 5.74) is 0.788. The third kappa shape index (κ3) is 5.66. The summed E-state index contributed by atoms with van der Waals surface area (Å²) in [7, 11) is 1.63. The van der Waals surface area contributed by atoms with Gasteiger partial charge in [-0.1, -0.05) is 13.8 Å². The van der Waals surface area contributed by atoms with Crippen LogP contribution in [-0.4, -0.2) is 36.8 Å². The van der Waals surface area contributed by atoms with E-state index in [1.807, 2.05) is 38.1 Å². The molecule has 0 atom stereocenters. The monoisotopic (exact) mass is 334 g/mol. The highest BCUT2D eigenvalue weighted by molar-refractivity contribution is 5.56. The first kappa shape index (κ1) is 17.9. The van der Waals surface area contributed by atoms with E-state index in [0.29, 0.717) is 31.6 Å². The fraction of sp³-hybridized carbons (Fsp3) is 0.412. The number of halogens is 1. The van der Waals surface area contributed by atoms with Crippen LogP contribution < -0.4 is 15.4 Å². The van der Waals surface area contributed by atoms with Crippen LogP contribution in [0.2, 0.25) is 0 Å². The summed E-state index contributed by atoms with van der Waals surface area (Å²) >= 11 is 0. The molecule has 0 amide bonds. The number of nitrogens with zero attached hydrogens (tertiary/aromatic N) is 2. The van der Waals surface area contributed by atoms with E-state index in [2.05, 4.69) is 20.6 Å². The zero-order valence-corrected chi connectivity index (χ0v) is 14.2. The van der Waals surface area contributed by atoms with Gasteiger partial charge in [0.15, 0.2) is 11.6 Å². The van der Waals surface area contributed by atoms with E-state index >= 15 is 0 Å². The van der Waals surface area contributed by atoms with Gasteiger partial charge in [-0.3, -0.25) is 0 Å². The molecule has 0 radical (unpaired) electrons. The van der Waals surface area contributed by atoms with E-state index < -0.39 is 5.82 Å². The summed E-state index contributed by atoms with van der Waals surface area (Å²) in [5, 5.41) is 6.02. The molecule has 0 aliphatic heterocycles. The van der Waals surface area contributed by atoms with Gasteiger partial charge in [0.05, 0.1) is 12.8 Å². The van der Waals surface area contributed by atoms with Gasteiger partial charge in [-0.15, -0.1) is 0 Å². The van der Waals surface area contributed by atoms with Crippen molar-refractivity contribution in [1.29, 1.82) is 0 Å². The number of rotatable bonds is 9. The molecule has 2 rings (SSSR count). The molecule has 0 unspecified atom stereocenters. The van der Waals surface area contributed by atoms with E-state index in [4.69, 9.17) is 9.47 Å². The van der Waals surface area contributed by atoms with Gasteiger partial charge in [0.2, 0.25) is 5.95 Å². The summed E-state index contributed by atoms with van der Waals surface area (Å²) in [6.07, 6.45) is 1.15. The number of benzene rings is 1. The van der Waals surface area contributed by atoms with Gasteiger partial charge >= 0.3 is 0 Å². The third-order valence-electron chi connectivity index (χ3n) is 3.09. The van der Waals surface area contributed by atoms with Gasteiger partial charge in [0.25, 0.3) is 0 Å². The molecule has 0 saturated heterocycles. The van der Waals surface area contributed by atoms with Crippen molar-refractivity contribution >= 4 is 17.5 Å². The zero-order chi connectivity index (χ0) is 17.4. The molecule has 0 aliphatic rings. The molecule has 0 fully saturated rings. The summed E-state index contributed by atoms with van der Waals surface area (Å²) < 4.78 is 24.1. The highest BCUT2D eigenvalue weighted by Gasteiger charge is 2.07. The zero-order valence-electron chi connectivity index (χ0n) is 14.2. The van der Waals surface area contributed by atoms with Crippen LogP contribution in [0.1, 0.15) is 13.8 Å². The van der Waals surface area contributed by atoms with E-state index in [1.165, 1.54) is 0 Å². The van der Waals surface area contributed by atoms with Gasteiger partial charge in [0, 0.05) is 19.3 Å². The summed E-state index contributed by atoms with van der Waals surface area (Å²) in [6.45, 7) is 5.76. The van der Waals surface area contributed by atoms with E-state index in [-0.39, 0.29) is 5.82 Å². The molecular formula is C17H23FN4O2. The minimum atomic E-state index is -0.469. The first-order valence-corrected chi connectivity index (χ1v) is 7.83. The second-order valence-corrected chi connectivity index (χ2v) is 5.66. The summed E-state index contributed by atoms with van der Waals surface area (Å²) in [4.78, 5) is 8.13. The SMILES string of the molecule is COCCOc1ccc(Nc2ncc(F)c(NCC(C)C)n2)cc1. The number of aromatic nitrogens is 2. The van der Waals surface area contributed by atoms with Crippen molar-refractivity contribution in [3.05, 3.63) is 36.3 Å². The van der Waals surface area contributed by atoms with Crippen molar-refractivity contribution < 1.29 is 13.9 Å². The van der Waals surface area contributed by atoms with Crippen LogP contribution in [0.3, 0.4) is 0 Å². The Kier molecular flexibility index (Phi) is 6.74. The van der Waals surface area contributed by atoms with Crippen LogP contribution in [-0.2, 0) is 4.74 Å². The third-order valence-corrected chi connectivity index (χ3v) is 3.09. The van der Waals surface area contributed by atoms with Gasteiger partial charge in [0.1, 0.15) is 12.4 Å². The van der Waals surface area contributed by atoms with Gasteiger partial charge in [-0.2, -0.15) is 4.98 Å². The Morgan fingerprint density at radius 1 is 1.17 bits per heavy atom. The molecule has 1 aromatic carbocycles. The van der Waals surface area contributed by atoms with Crippen LogP contribution in [0.4, 0.5) is 21.8 Å². The van der Waals surface area contributed by atoms with Crippen LogP contribution in [0, 0.1) is 11.7 Å². The molecule has 1 aromatic heterocycles. The van der Waals surface area contributed by atoms with Crippen LogP contribution in [0.25, 0.3) is 0 Å². The van der Waals surface area contributed by atoms with Gasteiger partial charge < -0.3 is 20.1 Å². The lowest BCUT2D eigenvalue weighted by atomic mass is 10.2. The topological polar surface area (TPSA) is 68.3 Å². The highest BCUT2D eigenvalue weighted by atomic mass is 19.1. The number of hydrogen-bond donors (Lipinski definition) is 2. The maximum absolute atomic E-state index is 13.7. The van der Waals surface area contributed by atoms with Gasteiger partial charge in [-0.25, -0.2) is 9.37 Å². The number of methoxy groups -OCH3 is 1. The first-order valence-electron chi connectivity index (χ1n) is 7.83. The molecule has 0 saturated carbocycles. The van der Waals surface area contributed by atoms with Crippen molar-refractivity contribution in [3.63, 3.8) is 0 Å². The maximum Gasteiger partial charge on any atom is 0.229 e. The van der Waals surface area contributed by atoms with Crippen molar-refractivity contribution in [2.24, 2.45) is 5.92 Å². The average molecular weight is 334 g/mol. The maximum atomic E-state index is 13.7. The Morgan fingerprint density at radius 3 is 2.58 bits per heavy atom. The second kappa shape index (κ2) is 9.02. The molecule has 1 heterocycles. The Bertz CT molecular complexity index is 635. The minimum Gasteiger partial charge on any atom is -0.491 e. The number of ether oxygens (including phenoxy) is 2. The van der Waals surface area contributed by atoms with Crippen LogP contribution in [0.15, 0.2) is 30.5 Å². The van der Waals surface area contributed by atoms with E-state index in [1.54, 1.807) is 7.11 Å². The normalized spacial score (nSPS) is 10.7. The Hall–Kier alpha value is -2.41. The molecule has 2 N–H and O–H groups in total.